The Morgan fingerprint density at radius 1 is 0.255 bits per heavy atom. The number of hydrogen-bond donors (Lipinski definition) is 2. The molecule has 10 nitrogen and oxygen atoms in total. The Bertz CT molecular complexity index is 3390. The van der Waals surface area contributed by atoms with Crippen LogP contribution in [-0.4, -0.2) is 59.6 Å². The van der Waals surface area contributed by atoms with Crippen LogP contribution in [-0.2, 0) is 0 Å². The van der Waals surface area contributed by atoms with Gasteiger partial charge in [-0.05, 0) is 123 Å². The summed E-state index contributed by atoms with van der Waals surface area (Å²) in [5.74, 6) is 18.7. The molecule has 0 aliphatic carbocycles. The van der Waals surface area contributed by atoms with E-state index in [4.69, 9.17) is 38.4 Å². The monoisotopic (exact) mass is 1450 g/mol. The summed E-state index contributed by atoms with van der Waals surface area (Å²) in [7, 11) is 0. The van der Waals surface area contributed by atoms with Crippen molar-refractivity contribution in [3.8, 4) is 58.2 Å². The van der Waals surface area contributed by atoms with E-state index in [1.807, 2.05) is 0 Å². The van der Waals surface area contributed by atoms with E-state index in [0.717, 1.165) is 144 Å². The Morgan fingerprint density at radius 2 is 0.500 bits per heavy atom. The first kappa shape index (κ1) is 86.2. The van der Waals surface area contributed by atoms with E-state index in [0.29, 0.717) is 74.1 Å². The van der Waals surface area contributed by atoms with Crippen LogP contribution in [0.15, 0.2) is 60.7 Å². The number of hydrogen-bond acceptors (Lipinski definition) is 8. The summed E-state index contributed by atoms with van der Waals surface area (Å²) in [6, 6.07) is 20.9. The highest BCUT2D eigenvalue weighted by atomic mass is 16.5. The predicted octanol–water partition coefficient (Wildman–Crippen LogP) is 28.6. The first-order valence-electron chi connectivity index (χ1n) is 43.7. The lowest BCUT2D eigenvalue weighted by molar-refractivity contribution is 0.234. The Labute approximate surface area is 644 Å². The van der Waals surface area contributed by atoms with Crippen molar-refractivity contribution in [3.05, 3.63) is 106 Å². The quantitative estimate of drug-likeness (QED) is 0.0286. The summed E-state index contributed by atoms with van der Waals surface area (Å²) < 4.78 is 40.7. The number of nitrogens with one attached hydrogen (secondary N) is 2. The largest absolute Gasteiger partial charge is 0.490 e. The highest BCUT2D eigenvalue weighted by Gasteiger charge is 2.20. The molecule has 0 spiro atoms. The van der Waals surface area contributed by atoms with Crippen LogP contribution in [0, 0.1) is 23.7 Å². The molecule has 582 valence electrons. The van der Waals surface area contributed by atoms with E-state index in [1.165, 1.54) is 231 Å². The third kappa shape index (κ3) is 34.5. The Hall–Kier alpha value is -7.04. The molecule has 7 rings (SSSR count). The zero-order valence-corrected chi connectivity index (χ0v) is 67.6. The summed E-state index contributed by atoms with van der Waals surface area (Å²) in [5.41, 5.74) is 9.84. The lowest BCUT2D eigenvalue weighted by Gasteiger charge is -2.18. The molecule has 2 aliphatic heterocycles. The zero-order chi connectivity index (χ0) is 74.4. The minimum absolute atomic E-state index is 0.607. The van der Waals surface area contributed by atoms with E-state index in [9.17, 15) is 0 Å². The second-order valence-corrected chi connectivity index (χ2v) is 30.2. The van der Waals surface area contributed by atoms with Gasteiger partial charge in [0, 0.05) is 22.2 Å². The van der Waals surface area contributed by atoms with Crippen molar-refractivity contribution in [1.82, 2.24) is 19.9 Å². The fourth-order valence-corrected chi connectivity index (χ4v) is 14.1. The van der Waals surface area contributed by atoms with E-state index < -0.39 is 0 Å². The van der Waals surface area contributed by atoms with Gasteiger partial charge in [-0.3, -0.25) is 0 Å². The molecule has 0 radical (unpaired) electrons. The Balaban J connectivity index is 1.22. The highest BCUT2D eigenvalue weighted by Crippen LogP contribution is 2.42. The maximum Gasteiger partial charge on any atom is 0.203 e. The van der Waals surface area contributed by atoms with Crippen LogP contribution in [0.5, 0.6) is 34.5 Å². The van der Waals surface area contributed by atoms with Crippen molar-refractivity contribution >= 4 is 46.4 Å². The van der Waals surface area contributed by atoms with Gasteiger partial charge in [0.25, 0.3) is 0 Å². The lowest BCUT2D eigenvalue weighted by Crippen LogP contribution is -2.07. The van der Waals surface area contributed by atoms with Crippen molar-refractivity contribution in [2.24, 2.45) is 0 Å². The minimum atomic E-state index is 0.607. The summed E-state index contributed by atoms with van der Waals surface area (Å²) in [6.45, 7) is 17.4. The second kappa shape index (κ2) is 55.4. The third-order valence-corrected chi connectivity index (χ3v) is 20.6. The number of aromatic nitrogens is 4. The molecule has 106 heavy (non-hydrogen) atoms. The van der Waals surface area contributed by atoms with Gasteiger partial charge >= 0.3 is 0 Å². The first-order valence-corrected chi connectivity index (χ1v) is 43.7. The van der Waals surface area contributed by atoms with Gasteiger partial charge in [-0.1, -0.05) is 335 Å². The lowest BCUT2D eigenvalue weighted by atomic mass is 10.1. The smallest absolute Gasteiger partial charge is 0.203 e. The predicted molar refractivity (Wildman–Crippen MR) is 452 cm³/mol. The average molecular weight is 1450 g/mol. The van der Waals surface area contributed by atoms with Crippen LogP contribution < -0.4 is 28.4 Å². The van der Waals surface area contributed by atoms with Gasteiger partial charge in [0.1, 0.15) is 0 Å². The van der Waals surface area contributed by atoms with E-state index >= 15 is 0 Å². The topological polar surface area (TPSA) is 113 Å². The van der Waals surface area contributed by atoms with Crippen molar-refractivity contribution in [2.45, 2.75) is 350 Å². The molecule has 0 atom stereocenters. The number of benzene rings is 2. The number of rotatable bonds is 60. The fourth-order valence-electron chi connectivity index (χ4n) is 14.1. The summed E-state index contributed by atoms with van der Waals surface area (Å²) >= 11 is 0. The second-order valence-electron chi connectivity index (χ2n) is 30.2. The zero-order valence-electron chi connectivity index (χ0n) is 67.6. The van der Waals surface area contributed by atoms with Crippen molar-refractivity contribution < 1.29 is 28.4 Å². The van der Waals surface area contributed by atoms with Crippen LogP contribution in [0.3, 0.4) is 0 Å². The maximum absolute atomic E-state index is 6.79. The fraction of sp³-hybridized carbons (Fsp3) is 0.625. The van der Waals surface area contributed by atoms with E-state index in [2.05, 4.69) is 160 Å². The van der Waals surface area contributed by atoms with Crippen molar-refractivity contribution in [2.75, 3.05) is 39.6 Å². The first-order chi connectivity index (χ1) is 52.4. The Morgan fingerprint density at radius 3 is 0.774 bits per heavy atom. The standard InChI is InChI=1S/C96H142N4O6/c1-7-13-19-25-31-37-43-49-67-101-91-73-79(74-92(102-68-50-44-38-32-26-20-14-8-2)95(91)105-71-53-47-41-35-29-23-17-11-5)55-61-85-87-63-57-81(97-87)77-83-59-65-89(99-83)86(90-66-60-84(100-90)78-82-58-64-88(85)98-82)62-56-80-75-93(103-69-51-45-39-33-27-21-15-9-3)96(106-72-54-48-42-36-30-24-18-12-6)94(76-80)104-70-52-46-40-34-28-22-16-10-4/h57-60,63-66,73-78,97-98H,7-54,67-72H2,1-6H3. The molecule has 0 amide bonds. The van der Waals surface area contributed by atoms with Crippen LogP contribution in [0.4, 0.5) is 0 Å². The number of H-pyrrole nitrogens is 2. The van der Waals surface area contributed by atoms with Crippen LogP contribution in [0.1, 0.15) is 395 Å². The average Bonchev–Trinajstić information content (AvgIpc) is 1.53. The van der Waals surface area contributed by atoms with Gasteiger partial charge in [-0.2, -0.15) is 0 Å². The van der Waals surface area contributed by atoms with Gasteiger partial charge in [-0.15, -0.1) is 0 Å². The van der Waals surface area contributed by atoms with Crippen LogP contribution >= 0.6 is 0 Å². The molecule has 3 aromatic heterocycles. The third-order valence-electron chi connectivity index (χ3n) is 20.6. The molecule has 8 bridgehead atoms. The molecule has 2 N–H and O–H groups in total. The molecule has 5 heterocycles. The molecule has 2 aromatic carbocycles. The number of aromatic amines is 2. The molecule has 0 saturated heterocycles. The highest BCUT2D eigenvalue weighted by molar-refractivity contribution is 5.84. The van der Waals surface area contributed by atoms with E-state index in [1.54, 1.807) is 0 Å². The van der Waals surface area contributed by atoms with Crippen LogP contribution in [0.25, 0.3) is 46.4 Å². The number of ether oxygens (including phenoxy) is 6. The van der Waals surface area contributed by atoms with Gasteiger partial charge in [0.2, 0.25) is 11.5 Å². The van der Waals surface area contributed by atoms with Gasteiger partial charge in [0.05, 0.1) is 84.6 Å². The molecule has 0 fully saturated rings. The normalized spacial score (nSPS) is 11.6. The summed E-state index contributed by atoms with van der Waals surface area (Å²) in [5, 5.41) is 0. The molecule has 5 aromatic rings. The maximum atomic E-state index is 6.79. The SMILES string of the molecule is CCCCCCCCCCOc1cc(C#Cc2c3nc(cc4ccc([nH]4)c(C#Cc4cc(OCCCCCCCCCC)c(OCCCCCCCCCC)c(OCCCCCCCCCC)c4)c4ccc(cc5nc2C=C5)[nH]4)C=C3)cc(OCCCCCCCCCC)c1OCCCCCCCCCC. The number of unbranched alkanes of at least 4 members (excludes halogenated alkanes) is 42. The molecular weight excluding hydrogens is 1310 g/mol. The van der Waals surface area contributed by atoms with Crippen molar-refractivity contribution in [1.29, 1.82) is 0 Å². The van der Waals surface area contributed by atoms with E-state index in [-0.39, 0.29) is 0 Å². The molecule has 10 heteroatoms. The van der Waals surface area contributed by atoms with Crippen molar-refractivity contribution in [3.63, 3.8) is 0 Å². The number of fused-ring (bicyclic) bond motifs is 8. The molecule has 2 aliphatic rings. The van der Waals surface area contributed by atoms with Gasteiger partial charge < -0.3 is 38.4 Å². The molecule has 0 saturated carbocycles. The minimum Gasteiger partial charge on any atom is -0.490 e. The van der Waals surface area contributed by atoms with Gasteiger partial charge in [-0.25, -0.2) is 9.97 Å². The summed E-state index contributed by atoms with van der Waals surface area (Å²) in [4.78, 5) is 18.0. The number of nitrogens with zero attached hydrogens (tertiary/aromatic N) is 2. The van der Waals surface area contributed by atoms with Crippen LogP contribution in [0.2, 0.25) is 0 Å². The summed E-state index contributed by atoms with van der Waals surface area (Å²) in [6.07, 6.45) is 67.5. The Kier molecular flexibility index (Phi) is 45.0. The molecule has 0 unspecified atom stereocenters. The van der Waals surface area contributed by atoms with Gasteiger partial charge in [0.15, 0.2) is 23.0 Å². The molecular formula is C96H142N4O6.